The lowest BCUT2D eigenvalue weighted by atomic mass is 9.79. The molecule has 1 aliphatic heterocycles. The van der Waals surface area contributed by atoms with Gasteiger partial charge in [0.1, 0.15) is 5.37 Å². The van der Waals surface area contributed by atoms with E-state index in [2.05, 4.69) is 24.1 Å². The van der Waals surface area contributed by atoms with Gasteiger partial charge in [-0.05, 0) is 43.4 Å². The van der Waals surface area contributed by atoms with Gasteiger partial charge < -0.3 is 10.3 Å². The molecule has 5 nitrogen and oxygen atoms in total. The van der Waals surface area contributed by atoms with Crippen LogP contribution in [0, 0.1) is 0 Å². The third-order valence-electron chi connectivity index (χ3n) is 5.67. The molecule has 0 saturated carbocycles. The number of para-hydroxylation sites is 1. The number of rotatable bonds is 4. The summed E-state index contributed by atoms with van der Waals surface area (Å²) in [6.07, 6.45) is 1.82. The van der Waals surface area contributed by atoms with E-state index < -0.39 is 15.2 Å². The quantitative estimate of drug-likeness (QED) is 0.706. The Morgan fingerprint density at radius 2 is 1.86 bits per heavy atom. The fourth-order valence-electron chi connectivity index (χ4n) is 4.31. The molecule has 4 rings (SSSR count). The van der Waals surface area contributed by atoms with E-state index in [4.69, 9.17) is 0 Å². The summed E-state index contributed by atoms with van der Waals surface area (Å²) in [7, 11) is 0.0178. The number of benzene rings is 2. The summed E-state index contributed by atoms with van der Waals surface area (Å²) in [6.45, 7) is 5.95. The summed E-state index contributed by atoms with van der Waals surface area (Å²) >= 11 is 0. The van der Waals surface area contributed by atoms with E-state index >= 15 is 0 Å². The molecular formula is C22H27N3O2S. The molecule has 0 bridgehead atoms. The van der Waals surface area contributed by atoms with Crippen LogP contribution in [0.3, 0.4) is 0 Å². The maximum Gasteiger partial charge on any atom is 0.198 e. The maximum absolute atomic E-state index is 13.7. The van der Waals surface area contributed by atoms with Crippen LogP contribution in [-0.4, -0.2) is 38.9 Å². The molecule has 0 saturated heterocycles. The molecule has 28 heavy (non-hydrogen) atoms. The number of fused-ring (bicyclic) bond motifs is 2. The van der Waals surface area contributed by atoms with Gasteiger partial charge in [-0.1, -0.05) is 38.1 Å². The van der Waals surface area contributed by atoms with Gasteiger partial charge in [-0.2, -0.15) is 0 Å². The van der Waals surface area contributed by atoms with Gasteiger partial charge in [0.15, 0.2) is 9.84 Å². The third kappa shape index (κ3) is 3.05. The number of nitrogens with one attached hydrogen (secondary N) is 2. The molecule has 1 aromatic heterocycles. The van der Waals surface area contributed by atoms with Crippen LogP contribution < -0.4 is 5.32 Å². The Morgan fingerprint density at radius 3 is 2.61 bits per heavy atom. The molecule has 1 aliphatic rings. The standard InChI is InChI=1S/C22H27N3O2S/c1-22(2)14-23-12-15-11-16(9-10-19(15)22)28(26,27)21(25(3)4)18-13-24-20-8-6-5-7-17(18)20/h5-11,13,21,23-24H,12,14H2,1-4H3. The van der Waals surface area contributed by atoms with Crippen molar-refractivity contribution >= 4 is 20.7 Å². The van der Waals surface area contributed by atoms with Crippen LogP contribution in [0.5, 0.6) is 0 Å². The van der Waals surface area contributed by atoms with Crippen molar-refractivity contribution in [1.82, 2.24) is 15.2 Å². The highest BCUT2D eigenvalue weighted by molar-refractivity contribution is 7.91. The SMILES string of the molecule is CN(C)C(c1c[nH]c2ccccc12)S(=O)(=O)c1ccc2c(c1)CNCC2(C)C. The fourth-order valence-corrected chi connectivity index (χ4v) is 6.21. The van der Waals surface area contributed by atoms with Crippen LogP contribution in [0.1, 0.15) is 35.9 Å². The topological polar surface area (TPSA) is 65.2 Å². The van der Waals surface area contributed by atoms with E-state index in [9.17, 15) is 8.42 Å². The largest absolute Gasteiger partial charge is 0.361 e. The van der Waals surface area contributed by atoms with Gasteiger partial charge in [0.2, 0.25) is 0 Å². The van der Waals surface area contributed by atoms with Crippen LogP contribution in [0.4, 0.5) is 0 Å². The number of nitrogens with zero attached hydrogens (tertiary/aromatic N) is 1. The van der Waals surface area contributed by atoms with Gasteiger partial charge in [-0.25, -0.2) is 8.42 Å². The highest BCUT2D eigenvalue weighted by atomic mass is 32.2. The zero-order valence-corrected chi connectivity index (χ0v) is 17.6. The molecule has 2 N–H and O–H groups in total. The first-order chi connectivity index (χ1) is 13.2. The van der Waals surface area contributed by atoms with E-state index in [1.54, 1.807) is 11.0 Å². The first kappa shape index (κ1) is 19.2. The number of hydrogen-bond donors (Lipinski definition) is 2. The van der Waals surface area contributed by atoms with Crippen molar-refractivity contribution in [3.8, 4) is 0 Å². The summed E-state index contributed by atoms with van der Waals surface area (Å²) in [6, 6.07) is 13.4. The van der Waals surface area contributed by atoms with Gasteiger partial charge in [0, 0.05) is 41.2 Å². The summed E-state index contributed by atoms with van der Waals surface area (Å²) in [5, 5.41) is 3.58. The van der Waals surface area contributed by atoms with Gasteiger partial charge in [0.25, 0.3) is 0 Å². The summed E-state index contributed by atoms with van der Waals surface area (Å²) in [5.41, 5.74) is 3.99. The Balaban J connectivity index is 1.84. The number of sulfone groups is 1. The minimum absolute atomic E-state index is 0.00628. The molecule has 0 radical (unpaired) electrons. The number of aromatic nitrogens is 1. The van der Waals surface area contributed by atoms with E-state index in [1.165, 1.54) is 5.56 Å². The van der Waals surface area contributed by atoms with Gasteiger partial charge >= 0.3 is 0 Å². The zero-order valence-electron chi connectivity index (χ0n) is 16.8. The Kier molecular flexibility index (Phi) is 4.61. The molecule has 6 heteroatoms. The summed E-state index contributed by atoms with van der Waals surface area (Å²) in [4.78, 5) is 5.35. The van der Waals surface area contributed by atoms with E-state index in [0.29, 0.717) is 11.4 Å². The second kappa shape index (κ2) is 6.72. The molecule has 1 unspecified atom stereocenters. The summed E-state index contributed by atoms with van der Waals surface area (Å²) < 4.78 is 27.4. The van der Waals surface area contributed by atoms with Gasteiger partial charge in [-0.15, -0.1) is 0 Å². The van der Waals surface area contributed by atoms with Crippen molar-refractivity contribution in [3.05, 3.63) is 65.4 Å². The Labute approximate surface area is 166 Å². The Hall–Kier alpha value is -2.15. The normalized spacial score (nSPS) is 17.6. The average Bonchev–Trinajstić information content (AvgIpc) is 3.04. The molecular weight excluding hydrogens is 370 g/mol. The lowest BCUT2D eigenvalue weighted by molar-refractivity contribution is 0.372. The van der Waals surface area contributed by atoms with Crippen molar-refractivity contribution < 1.29 is 8.42 Å². The summed E-state index contributed by atoms with van der Waals surface area (Å²) in [5.74, 6) is 0. The Bertz CT molecular complexity index is 1130. The van der Waals surface area contributed by atoms with Gasteiger partial charge in [0.05, 0.1) is 4.90 Å². The molecule has 2 aromatic carbocycles. The van der Waals surface area contributed by atoms with E-state index in [-0.39, 0.29) is 5.41 Å². The first-order valence-corrected chi connectivity index (χ1v) is 11.1. The molecule has 2 heterocycles. The predicted octanol–water partition coefficient (Wildman–Crippen LogP) is 3.58. The number of aromatic amines is 1. The van der Waals surface area contributed by atoms with Gasteiger partial charge in [-0.3, -0.25) is 4.90 Å². The van der Waals surface area contributed by atoms with Crippen molar-refractivity contribution in [2.45, 2.75) is 36.1 Å². The maximum atomic E-state index is 13.7. The van der Waals surface area contributed by atoms with Crippen LogP contribution in [0.2, 0.25) is 0 Å². The van der Waals surface area contributed by atoms with Crippen molar-refractivity contribution in [1.29, 1.82) is 0 Å². The molecule has 0 fully saturated rings. The van der Waals surface area contributed by atoms with Crippen molar-refractivity contribution in [3.63, 3.8) is 0 Å². The predicted molar refractivity (Wildman–Crippen MR) is 113 cm³/mol. The smallest absolute Gasteiger partial charge is 0.198 e. The van der Waals surface area contributed by atoms with E-state index in [0.717, 1.165) is 28.6 Å². The van der Waals surface area contributed by atoms with E-state index in [1.807, 2.05) is 56.7 Å². The van der Waals surface area contributed by atoms with Crippen LogP contribution in [-0.2, 0) is 21.8 Å². The lowest BCUT2D eigenvalue weighted by Crippen LogP contribution is -2.38. The fraction of sp³-hybridized carbons (Fsp3) is 0.364. The van der Waals surface area contributed by atoms with Crippen LogP contribution in [0.15, 0.2) is 53.6 Å². The highest BCUT2D eigenvalue weighted by Crippen LogP contribution is 2.37. The number of hydrogen-bond acceptors (Lipinski definition) is 4. The molecule has 0 spiro atoms. The monoisotopic (exact) mass is 397 g/mol. The molecule has 3 aromatic rings. The molecule has 0 amide bonds. The van der Waals surface area contributed by atoms with Crippen molar-refractivity contribution in [2.24, 2.45) is 0 Å². The third-order valence-corrected chi connectivity index (χ3v) is 7.84. The minimum Gasteiger partial charge on any atom is -0.361 e. The highest BCUT2D eigenvalue weighted by Gasteiger charge is 2.35. The molecule has 0 aliphatic carbocycles. The van der Waals surface area contributed by atoms with Crippen molar-refractivity contribution in [2.75, 3.05) is 20.6 Å². The second-order valence-corrected chi connectivity index (χ2v) is 10.5. The average molecular weight is 398 g/mol. The molecule has 148 valence electrons. The first-order valence-electron chi connectivity index (χ1n) is 9.52. The minimum atomic E-state index is -3.61. The molecule has 1 atom stereocenters. The Morgan fingerprint density at radius 1 is 1.11 bits per heavy atom. The van der Waals surface area contributed by atoms with Crippen LogP contribution >= 0.6 is 0 Å². The van der Waals surface area contributed by atoms with Crippen LogP contribution in [0.25, 0.3) is 10.9 Å². The lowest BCUT2D eigenvalue weighted by Gasteiger charge is -2.33. The number of H-pyrrole nitrogens is 1. The second-order valence-electron chi connectivity index (χ2n) is 8.46. The zero-order chi connectivity index (χ0) is 20.1.